The Kier molecular flexibility index (Phi) is 5.41. The Morgan fingerprint density at radius 3 is 2.76 bits per heavy atom. The number of carbonyl (C=O) groups is 1. The summed E-state index contributed by atoms with van der Waals surface area (Å²) in [6.07, 6.45) is 0. The molecule has 112 valence electrons. The molecule has 5 nitrogen and oxygen atoms in total. The molecule has 0 unspecified atom stereocenters. The zero-order chi connectivity index (χ0) is 15.4. The van der Waals surface area contributed by atoms with Crippen molar-refractivity contribution in [2.75, 3.05) is 5.75 Å². The predicted molar refractivity (Wildman–Crippen MR) is 87.2 cm³/mol. The number of aromatic nitrogens is 3. The quantitative estimate of drug-likeness (QED) is 0.824. The monoisotopic (exact) mass is 368 g/mol. The van der Waals surface area contributed by atoms with E-state index < -0.39 is 0 Å². The molecule has 0 radical (unpaired) electrons. The van der Waals surface area contributed by atoms with Crippen LogP contribution in [-0.4, -0.2) is 26.4 Å². The van der Waals surface area contributed by atoms with E-state index in [2.05, 4.69) is 31.4 Å². The molecule has 1 heterocycles. The molecule has 1 amide bonds. The Morgan fingerprint density at radius 2 is 2.14 bits per heavy atom. The number of hydrogen-bond acceptors (Lipinski definition) is 4. The van der Waals surface area contributed by atoms with Gasteiger partial charge in [0.1, 0.15) is 5.82 Å². The van der Waals surface area contributed by atoms with Gasteiger partial charge in [0, 0.05) is 11.5 Å². The Morgan fingerprint density at radius 1 is 1.43 bits per heavy atom. The van der Waals surface area contributed by atoms with Crippen LogP contribution in [0.4, 0.5) is 0 Å². The molecule has 1 atom stereocenters. The largest absolute Gasteiger partial charge is 0.349 e. The van der Waals surface area contributed by atoms with Crippen LogP contribution in [0.1, 0.15) is 24.4 Å². The first-order valence-electron chi connectivity index (χ1n) is 6.51. The van der Waals surface area contributed by atoms with E-state index in [0.717, 1.165) is 21.0 Å². The highest BCUT2D eigenvalue weighted by Crippen LogP contribution is 2.23. The smallest absolute Gasteiger partial charge is 0.230 e. The van der Waals surface area contributed by atoms with Crippen LogP contribution in [0, 0.1) is 6.92 Å². The molecule has 0 aliphatic heterocycles. The van der Waals surface area contributed by atoms with Crippen molar-refractivity contribution in [2.45, 2.75) is 25.0 Å². The number of thioether (sulfide) groups is 1. The number of benzene rings is 1. The lowest BCUT2D eigenvalue weighted by Gasteiger charge is -2.15. The number of rotatable bonds is 5. The van der Waals surface area contributed by atoms with E-state index in [1.165, 1.54) is 11.8 Å². The average molecular weight is 369 g/mol. The highest BCUT2D eigenvalue weighted by molar-refractivity contribution is 9.10. The summed E-state index contributed by atoms with van der Waals surface area (Å²) >= 11 is 4.88. The molecule has 0 saturated heterocycles. The number of nitrogens with one attached hydrogen (secondary N) is 1. The van der Waals surface area contributed by atoms with Crippen molar-refractivity contribution in [2.24, 2.45) is 7.05 Å². The third-order valence-electron chi connectivity index (χ3n) is 3.13. The highest BCUT2D eigenvalue weighted by atomic mass is 79.9. The predicted octanol–water partition coefficient (Wildman–Crippen LogP) is 2.86. The van der Waals surface area contributed by atoms with Crippen molar-refractivity contribution in [1.29, 1.82) is 0 Å². The zero-order valence-corrected chi connectivity index (χ0v) is 14.5. The van der Waals surface area contributed by atoms with E-state index in [1.807, 2.05) is 49.7 Å². The summed E-state index contributed by atoms with van der Waals surface area (Å²) in [5.41, 5.74) is 1.06. The molecule has 2 aromatic rings. The first-order chi connectivity index (χ1) is 9.99. The Bertz CT molecular complexity index is 644. The van der Waals surface area contributed by atoms with Gasteiger partial charge in [0.2, 0.25) is 5.91 Å². The van der Waals surface area contributed by atoms with Gasteiger partial charge in [-0.1, -0.05) is 45.9 Å². The van der Waals surface area contributed by atoms with Gasteiger partial charge >= 0.3 is 0 Å². The summed E-state index contributed by atoms with van der Waals surface area (Å²) in [5, 5.41) is 11.7. The summed E-state index contributed by atoms with van der Waals surface area (Å²) in [4.78, 5) is 12.0. The molecule has 0 bridgehead atoms. The fraction of sp³-hybridized carbons (Fsp3) is 0.357. The maximum Gasteiger partial charge on any atom is 0.230 e. The minimum Gasteiger partial charge on any atom is -0.349 e. The Labute approximate surface area is 136 Å². The minimum absolute atomic E-state index is 0.0242. The fourth-order valence-corrected chi connectivity index (χ4v) is 3.23. The van der Waals surface area contributed by atoms with Gasteiger partial charge < -0.3 is 9.88 Å². The fourth-order valence-electron chi connectivity index (χ4n) is 1.83. The first kappa shape index (κ1) is 16.0. The van der Waals surface area contributed by atoms with E-state index in [4.69, 9.17) is 0 Å². The molecular formula is C14H17BrN4OS. The van der Waals surface area contributed by atoms with Crippen molar-refractivity contribution in [1.82, 2.24) is 20.1 Å². The van der Waals surface area contributed by atoms with Gasteiger partial charge in [-0.25, -0.2) is 0 Å². The van der Waals surface area contributed by atoms with Crippen molar-refractivity contribution >= 4 is 33.6 Å². The number of hydrogen-bond donors (Lipinski definition) is 1. The van der Waals surface area contributed by atoms with Crippen molar-refractivity contribution in [3.63, 3.8) is 0 Å². The van der Waals surface area contributed by atoms with Gasteiger partial charge in [-0.2, -0.15) is 0 Å². The van der Waals surface area contributed by atoms with E-state index in [1.54, 1.807) is 0 Å². The summed E-state index contributed by atoms with van der Waals surface area (Å²) in [6, 6.07) is 7.83. The lowest BCUT2D eigenvalue weighted by atomic mass is 10.1. The molecule has 0 fully saturated rings. The van der Waals surface area contributed by atoms with E-state index in [-0.39, 0.29) is 11.9 Å². The molecule has 0 aliphatic carbocycles. The van der Waals surface area contributed by atoms with Crippen LogP contribution in [0.5, 0.6) is 0 Å². The van der Waals surface area contributed by atoms with E-state index >= 15 is 0 Å². The number of halogens is 1. The maximum atomic E-state index is 12.0. The molecule has 1 aromatic heterocycles. The second kappa shape index (κ2) is 7.09. The molecule has 1 aromatic carbocycles. The Balaban J connectivity index is 1.90. The van der Waals surface area contributed by atoms with Crippen molar-refractivity contribution in [3.8, 4) is 0 Å². The van der Waals surface area contributed by atoms with E-state index in [9.17, 15) is 4.79 Å². The topological polar surface area (TPSA) is 59.8 Å². The van der Waals surface area contributed by atoms with Gasteiger partial charge in [-0.05, 0) is 25.5 Å². The molecule has 7 heteroatoms. The Hall–Kier alpha value is -1.34. The summed E-state index contributed by atoms with van der Waals surface area (Å²) in [7, 11) is 1.89. The normalized spacial score (nSPS) is 12.2. The second-order valence-electron chi connectivity index (χ2n) is 4.69. The average Bonchev–Trinajstić information content (AvgIpc) is 2.77. The SMILES string of the molecule is Cc1nnc(SCC(=O)N[C@H](C)c2ccccc2Br)n1C. The lowest BCUT2D eigenvalue weighted by molar-refractivity contribution is -0.119. The molecular weight excluding hydrogens is 352 g/mol. The highest BCUT2D eigenvalue weighted by Gasteiger charge is 2.13. The van der Waals surface area contributed by atoms with Crippen LogP contribution in [0.3, 0.4) is 0 Å². The second-order valence-corrected chi connectivity index (χ2v) is 6.49. The third kappa shape index (κ3) is 4.07. The molecule has 0 aliphatic rings. The van der Waals surface area contributed by atoms with Crippen LogP contribution >= 0.6 is 27.7 Å². The van der Waals surface area contributed by atoms with E-state index in [0.29, 0.717) is 5.75 Å². The van der Waals surface area contributed by atoms with Crippen LogP contribution < -0.4 is 5.32 Å². The maximum absolute atomic E-state index is 12.0. The van der Waals surface area contributed by atoms with Gasteiger partial charge in [-0.3, -0.25) is 4.79 Å². The third-order valence-corrected chi connectivity index (χ3v) is 4.88. The number of carbonyl (C=O) groups excluding carboxylic acids is 1. The van der Waals surface area contributed by atoms with Crippen LogP contribution in [-0.2, 0) is 11.8 Å². The van der Waals surface area contributed by atoms with Gasteiger partial charge in [0.05, 0.1) is 11.8 Å². The number of amides is 1. The summed E-state index contributed by atoms with van der Waals surface area (Å²) in [6.45, 7) is 3.85. The standard InChI is InChI=1S/C14H17BrN4OS/c1-9(11-6-4-5-7-12(11)15)16-13(20)8-21-14-18-17-10(2)19(14)3/h4-7,9H,8H2,1-3H3,(H,16,20)/t9-/m1/s1. The van der Waals surface area contributed by atoms with Gasteiger partial charge in [0.25, 0.3) is 0 Å². The molecule has 0 spiro atoms. The van der Waals surface area contributed by atoms with Crippen LogP contribution in [0.15, 0.2) is 33.9 Å². The molecule has 21 heavy (non-hydrogen) atoms. The van der Waals surface area contributed by atoms with Crippen molar-refractivity contribution in [3.05, 3.63) is 40.1 Å². The number of aryl methyl sites for hydroxylation is 1. The van der Waals surface area contributed by atoms with Gasteiger partial charge in [0.15, 0.2) is 5.16 Å². The molecule has 0 saturated carbocycles. The summed E-state index contributed by atoms with van der Waals surface area (Å²) in [5.74, 6) is 1.13. The van der Waals surface area contributed by atoms with Gasteiger partial charge in [-0.15, -0.1) is 10.2 Å². The lowest BCUT2D eigenvalue weighted by Crippen LogP contribution is -2.28. The zero-order valence-electron chi connectivity index (χ0n) is 12.1. The first-order valence-corrected chi connectivity index (χ1v) is 8.29. The van der Waals surface area contributed by atoms with Crippen LogP contribution in [0.2, 0.25) is 0 Å². The summed E-state index contributed by atoms with van der Waals surface area (Å²) < 4.78 is 2.86. The molecule has 2 rings (SSSR count). The molecule has 1 N–H and O–H groups in total. The number of nitrogens with zero attached hydrogens (tertiary/aromatic N) is 3. The minimum atomic E-state index is -0.0464. The van der Waals surface area contributed by atoms with Crippen LogP contribution in [0.25, 0.3) is 0 Å². The van der Waals surface area contributed by atoms with Crippen molar-refractivity contribution < 1.29 is 4.79 Å².